The number of hydrogen-bond acceptors (Lipinski definition) is 4. The van der Waals surface area contributed by atoms with Crippen LogP contribution in [0.4, 0.5) is 0 Å². The van der Waals surface area contributed by atoms with Crippen molar-refractivity contribution < 1.29 is 4.74 Å². The zero-order valence-corrected chi connectivity index (χ0v) is 11.5. The number of hydrogen-bond donors (Lipinski definition) is 0. The Morgan fingerprint density at radius 3 is 2.57 bits per heavy atom. The fourth-order valence-corrected chi connectivity index (χ4v) is 2.79. The summed E-state index contributed by atoms with van der Waals surface area (Å²) in [4.78, 5) is 4.53. The molecule has 3 rings (SSSR count). The first-order chi connectivity index (χ1) is 10.3. The summed E-state index contributed by atoms with van der Waals surface area (Å²) in [6.45, 7) is -0.102. The number of fused-ring (bicyclic) bond motifs is 1. The summed E-state index contributed by atoms with van der Waals surface area (Å²) in [7, 11) is 0. The van der Waals surface area contributed by atoms with E-state index in [0.29, 0.717) is 5.56 Å². The van der Waals surface area contributed by atoms with Crippen molar-refractivity contribution in [3.05, 3.63) is 47.0 Å². The smallest absolute Gasteiger partial charge is 0.233 e. The first-order valence-corrected chi connectivity index (χ1v) is 6.86. The van der Waals surface area contributed by atoms with Crippen molar-refractivity contribution in [2.24, 2.45) is 0 Å². The van der Waals surface area contributed by atoms with Gasteiger partial charge in [0.2, 0.25) is 5.88 Å². The molecule has 0 spiro atoms. The molecule has 0 unspecified atom stereocenters. The summed E-state index contributed by atoms with van der Waals surface area (Å²) in [5, 5.41) is 18.1. The predicted octanol–water partition coefficient (Wildman–Crippen LogP) is 3.01. The summed E-state index contributed by atoms with van der Waals surface area (Å²) in [6.07, 6.45) is 2.82. The Labute approximate surface area is 123 Å². The second kappa shape index (κ2) is 5.64. The van der Waals surface area contributed by atoms with Crippen molar-refractivity contribution in [3.8, 4) is 29.3 Å². The Hall–Kier alpha value is -2.85. The summed E-state index contributed by atoms with van der Waals surface area (Å²) in [5.41, 5.74) is 4.54. The standard InChI is InChI=1S/C17H13N3O/c18-9-10-21-17-15(11-19)13-7-4-8-14(13)16(20-17)12-5-2-1-3-6-12/h1-3,5-6H,4,7-8,10H2. The Kier molecular flexibility index (Phi) is 3.53. The van der Waals surface area contributed by atoms with E-state index in [1.807, 2.05) is 36.4 Å². The lowest BCUT2D eigenvalue weighted by molar-refractivity contribution is 0.352. The third-order valence-electron chi connectivity index (χ3n) is 3.67. The van der Waals surface area contributed by atoms with Gasteiger partial charge < -0.3 is 4.74 Å². The maximum absolute atomic E-state index is 9.39. The number of nitrogens with zero attached hydrogens (tertiary/aromatic N) is 3. The van der Waals surface area contributed by atoms with Gasteiger partial charge in [0.05, 0.1) is 5.69 Å². The molecular weight excluding hydrogens is 262 g/mol. The van der Waals surface area contributed by atoms with Crippen molar-refractivity contribution in [2.75, 3.05) is 6.61 Å². The third kappa shape index (κ3) is 2.32. The van der Waals surface area contributed by atoms with Gasteiger partial charge in [0.15, 0.2) is 6.61 Å². The van der Waals surface area contributed by atoms with Crippen LogP contribution in [0.1, 0.15) is 23.1 Å². The highest BCUT2D eigenvalue weighted by Crippen LogP contribution is 2.36. The van der Waals surface area contributed by atoms with Gasteiger partial charge in [-0.05, 0) is 30.4 Å². The average Bonchev–Trinajstić information content (AvgIpc) is 3.02. The zero-order valence-electron chi connectivity index (χ0n) is 11.5. The van der Waals surface area contributed by atoms with E-state index in [-0.39, 0.29) is 12.5 Å². The van der Waals surface area contributed by atoms with Crippen LogP contribution in [0.5, 0.6) is 5.88 Å². The Balaban J connectivity index is 2.20. The third-order valence-corrected chi connectivity index (χ3v) is 3.67. The number of benzene rings is 1. The molecule has 1 aliphatic rings. The molecule has 0 atom stereocenters. The lowest BCUT2D eigenvalue weighted by atomic mass is 9.99. The van der Waals surface area contributed by atoms with E-state index in [0.717, 1.165) is 41.6 Å². The van der Waals surface area contributed by atoms with Crippen LogP contribution in [0.25, 0.3) is 11.3 Å². The van der Waals surface area contributed by atoms with Crippen LogP contribution in [0, 0.1) is 22.7 Å². The van der Waals surface area contributed by atoms with Crippen LogP contribution in [0.15, 0.2) is 30.3 Å². The van der Waals surface area contributed by atoms with Gasteiger partial charge in [-0.2, -0.15) is 10.5 Å². The normalized spacial score (nSPS) is 12.3. The van der Waals surface area contributed by atoms with Gasteiger partial charge in [0.1, 0.15) is 17.7 Å². The molecule has 1 aromatic heterocycles. The molecule has 1 heterocycles. The van der Waals surface area contributed by atoms with Gasteiger partial charge in [0.25, 0.3) is 0 Å². The van der Waals surface area contributed by atoms with Crippen molar-refractivity contribution in [2.45, 2.75) is 19.3 Å². The quantitative estimate of drug-likeness (QED) is 0.863. The molecule has 0 N–H and O–H groups in total. The van der Waals surface area contributed by atoms with E-state index in [9.17, 15) is 5.26 Å². The molecule has 1 aromatic carbocycles. The van der Waals surface area contributed by atoms with Gasteiger partial charge in [-0.1, -0.05) is 30.3 Å². The number of rotatable bonds is 3. The highest BCUT2D eigenvalue weighted by Gasteiger charge is 2.24. The fraction of sp³-hybridized carbons (Fsp3) is 0.235. The minimum Gasteiger partial charge on any atom is -0.461 e. The summed E-state index contributed by atoms with van der Waals surface area (Å²) < 4.78 is 5.37. The fourth-order valence-electron chi connectivity index (χ4n) is 2.79. The topological polar surface area (TPSA) is 69.7 Å². The zero-order chi connectivity index (χ0) is 14.7. The number of aromatic nitrogens is 1. The molecule has 102 valence electrons. The second-order valence-corrected chi connectivity index (χ2v) is 4.88. The molecule has 0 amide bonds. The van der Waals surface area contributed by atoms with Crippen molar-refractivity contribution in [1.29, 1.82) is 10.5 Å². The van der Waals surface area contributed by atoms with E-state index >= 15 is 0 Å². The lowest BCUT2D eigenvalue weighted by Crippen LogP contribution is -2.04. The van der Waals surface area contributed by atoms with Crippen LogP contribution in [-0.4, -0.2) is 11.6 Å². The largest absolute Gasteiger partial charge is 0.461 e. The minimum atomic E-state index is -0.102. The predicted molar refractivity (Wildman–Crippen MR) is 77.5 cm³/mol. The van der Waals surface area contributed by atoms with Crippen LogP contribution in [-0.2, 0) is 12.8 Å². The van der Waals surface area contributed by atoms with Crippen LogP contribution < -0.4 is 4.74 Å². The van der Waals surface area contributed by atoms with Gasteiger partial charge in [-0.3, -0.25) is 0 Å². The molecule has 2 aromatic rings. The molecule has 21 heavy (non-hydrogen) atoms. The van der Waals surface area contributed by atoms with Gasteiger partial charge >= 0.3 is 0 Å². The molecule has 0 saturated carbocycles. The molecule has 0 radical (unpaired) electrons. The SMILES string of the molecule is N#CCOc1nc(-c2ccccc2)c2c(c1C#N)CCC2. The molecule has 0 bridgehead atoms. The van der Waals surface area contributed by atoms with Crippen LogP contribution in [0.3, 0.4) is 0 Å². The van der Waals surface area contributed by atoms with Crippen molar-refractivity contribution in [3.63, 3.8) is 0 Å². The highest BCUT2D eigenvalue weighted by atomic mass is 16.5. The minimum absolute atomic E-state index is 0.102. The lowest BCUT2D eigenvalue weighted by Gasteiger charge is -2.13. The van der Waals surface area contributed by atoms with E-state index in [4.69, 9.17) is 10.00 Å². The Morgan fingerprint density at radius 1 is 1.10 bits per heavy atom. The van der Waals surface area contributed by atoms with Crippen LogP contribution in [0.2, 0.25) is 0 Å². The molecule has 0 aliphatic heterocycles. The van der Waals surface area contributed by atoms with Crippen molar-refractivity contribution in [1.82, 2.24) is 4.98 Å². The highest BCUT2D eigenvalue weighted by molar-refractivity contribution is 5.69. The Bertz CT molecular complexity index is 754. The van der Waals surface area contributed by atoms with E-state index in [1.54, 1.807) is 0 Å². The summed E-state index contributed by atoms with van der Waals surface area (Å²) in [6, 6.07) is 14.0. The number of pyridine rings is 1. The van der Waals surface area contributed by atoms with Gasteiger partial charge in [-0.15, -0.1) is 0 Å². The molecule has 4 heteroatoms. The monoisotopic (exact) mass is 275 g/mol. The first-order valence-electron chi connectivity index (χ1n) is 6.86. The maximum Gasteiger partial charge on any atom is 0.233 e. The van der Waals surface area contributed by atoms with E-state index in [1.165, 1.54) is 0 Å². The Morgan fingerprint density at radius 2 is 1.86 bits per heavy atom. The van der Waals surface area contributed by atoms with E-state index in [2.05, 4.69) is 11.1 Å². The number of nitriles is 2. The maximum atomic E-state index is 9.39. The first kappa shape index (κ1) is 13.1. The van der Waals surface area contributed by atoms with E-state index < -0.39 is 0 Å². The summed E-state index contributed by atoms with van der Waals surface area (Å²) in [5.74, 6) is 0.276. The summed E-state index contributed by atoms with van der Waals surface area (Å²) >= 11 is 0. The molecule has 0 saturated heterocycles. The molecule has 1 aliphatic carbocycles. The van der Waals surface area contributed by atoms with Gasteiger partial charge in [0, 0.05) is 5.56 Å². The van der Waals surface area contributed by atoms with Crippen LogP contribution >= 0.6 is 0 Å². The molecule has 4 nitrogen and oxygen atoms in total. The average molecular weight is 275 g/mol. The van der Waals surface area contributed by atoms with Gasteiger partial charge in [-0.25, -0.2) is 4.98 Å². The molecular formula is C17H13N3O. The number of ether oxygens (including phenoxy) is 1. The molecule has 0 fully saturated rings. The van der Waals surface area contributed by atoms with Crippen molar-refractivity contribution >= 4 is 0 Å². The second-order valence-electron chi connectivity index (χ2n) is 4.88.